The number of nitrogens with one attached hydrogen (secondary N) is 2. The number of aromatic nitrogens is 2. The van der Waals surface area contributed by atoms with Crippen molar-refractivity contribution in [1.82, 2.24) is 20.8 Å². The van der Waals surface area contributed by atoms with Gasteiger partial charge in [-0.1, -0.05) is 36.4 Å². The van der Waals surface area contributed by atoms with Crippen molar-refractivity contribution < 1.29 is 9.59 Å². The van der Waals surface area contributed by atoms with Gasteiger partial charge in [0.05, 0.1) is 22.3 Å². The Kier molecular flexibility index (Phi) is 5.83. The molecule has 0 unspecified atom stereocenters. The number of thiazole rings is 1. The van der Waals surface area contributed by atoms with E-state index in [0.29, 0.717) is 11.3 Å². The van der Waals surface area contributed by atoms with Crippen LogP contribution >= 0.6 is 23.1 Å². The van der Waals surface area contributed by atoms with Crippen LogP contribution in [0.3, 0.4) is 0 Å². The predicted octanol–water partition coefficient (Wildman–Crippen LogP) is 4.06. The first-order chi connectivity index (χ1) is 14.2. The highest BCUT2D eigenvalue weighted by molar-refractivity contribution is 7.98. The topological polar surface area (TPSA) is 84.0 Å². The van der Waals surface area contributed by atoms with Gasteiger partial charge in [0.25, 0.3) is 11.8 Å². The van der Waals surface area contributed by atoms with E-state index in [-0.39, 0.29) is 11.6 Å². The molecule has 0 radical (unpaired) electrons. The minimum atomic E-state index is -0.475. The molecule has 0 atom stereocenters. The Labute approximate surface area is 175 Å². The Balaban J connectivity index is 1.41. The maximum Gasteiger partial charge on any atom is 0.288 e. The first-order valence-corrected chi connectivity index (χ1v) is 10.7. The second-order valence-corrected chi connectivity index (χ2v) is 7.80. The normalized spacial score (nSPS) is 10.6. The van der Waals surface area contributed by atoms with Crippen LogP contribution in [0.1, 0.15) is 26.5 Å². The highest BCUT2D eigenvalue weighted by Crippen LogP contribution is 2.26. The van der Waals surface area contributed by atoms with Crippen LogP contribution in [0.2, 0.25) is 0 Å². The number of hydrogen-bond donors (Lipinski definition) is 2. The number of carbonyl (C=O) groups is 2. The average molecular weight is 421 g/mol. The van der Waals surface area contributed by atoms with Gasteiger partial charge in [0.2, 0.25) is 0 Å². The summed E-state index contributed by atoms with van der Waals surface area (Å²) in [7, 11) is 0. The van der Waals surface area contributed by atoms with E-state index < -0.39 is 5.91 Å². The number of thioether (sulfide) groups is 1. The molecule has 2 N–H and O–H groups in total. The molecule has 144 valence electrons. The first-order valence-electron chi connectivity index (χ1n) is 8.76. The van der Waals surface area contributed by atoms with Gasteiger partial charge in [-0.25, -0.2) is 9.97 Å². The van der Waals surface area contributed by atoms with Gasteiger partial charge in [-0.2, -0.15) is 0 Å². The van der Waals surface area contributed by atoms with E-state index in [2.05, 4.69) is 20.8 Å². The van der Waals surface area contributed by atoms with Crippen molar-refractivity contribution >= 4 is 45.8 Å². The highest BCUT2D eigenvalue weighted by atomic mass is 32.2. The fourth-order valence-electron chi connectivity index (χ4n) is 2.68. The molecule has 0 spiro atoms. The summed E-state index contributed by atoms with van der Waals surface area (Å²) in [6, 6.07) is 18.2. The molecule has 0 fully saturated rings. The molecule has 6 nitrogen and oxygen atoms in total. The van der Waals surface area contributed by atoms with Crippen LogP contribution in [-0.2, 0) is 5.75 Å². The zero-order valence-corrected chi connectivity index (χ0v) is 16.8. The van der Waals surface area contributed by atoms with Gasteiger partial charge in [-0.3, -0.25) is 20.4 Å². The van der Waals surface area contributed by atoms with E-state index >= 15 is 0 Å². The minimum absolute atomic E-state index is 0.232. The number of fused-ring (bicyclic) bond motifs is 1. The monoisotopic (exact) mass is 420 g/mol. The minimum Gasteiger partial charge on any atom is -0.267 e. The van der Waals surface area contributed by atoms with Gasteiger partial charge in [-0.15, -0.1) is 23.1 Å². The number of hydrazine groups is 1. The Morgan fingerprint density at radius 3 is 2.59 bits per heavy atom. The molecule has 4 rings (SSSR count). The molecular formula is C21H16N4O2S2. The van der Waals surface area contributed by atoms with Gasteiger partial charge in [0, 0.05) is 21.4 Å². The largest absolute Gasteiger partial charge is 0.288 e. The van der Waals surface area contributed by atoms with Crippen LogP contribution in [0.5, 0.6) is 0 Å². The molecule has 2 aromatic heterocycles. The van der Waals surface area contributed by atoms with E-state index in [1.54, 1.807) is 23.7 Å². The van der Waals surface area contributed by atoms with Crippen molar-refractivity contribution in [2.45, 2.75) is 10.6 Å². The fraction of sp³-hybridized carbons (Fsp3) is 0.0476. The number of benzene rings is 2. The maximum absolute atomic E-state index is 12.6. The molecule has 0 saturated carbocycles. The van der Waals surface area contributed by atoms with E-state index in [0.717, 1.165) is 21.5 Å². The number of pyridine rings is 1. The van der Waals surface area contributed by atoms with Crippen molar-refractivity contribution in [2.24, 2.45) is 0 Å². The first kappa shape index (κ1) is 19.1. The summed E-state index contributed by atoms with van der Waals surface area (Å²) in [5, 5.41) is 2.92. The molecule has 0 saturated heterocycles. The lowest BCUT2D eigenvalue weighted by Gasteiger charge is -2.10. The van der Waals surface area contributed by atoms with Crippen molar-refractivity contribution in [1.29, 1.82) is 0 Å². The van der Waals surface area contributed by atoms with Crippen LogP contribution < -0.4 is 10.9 Å². The number of amides is 2. The van der Waals surface area contributed by atoms with E-state index in [1.165, 1.54) is 23.1 Å². The third kappa shape index (κ3) is 4.61. The molecular weight excluding hydrogens is 404 g/mol. The Hall–Kier alpha value is -3.23. The molecule has 0 aliphatic heterocycles. The predicted molar refractivity (Wildman–Crippen MR) is 115 cm³/mol. The third-order valence-corrected chi connectivity index (χ3v) is 5.85. The highest BCUT2D eigenvalue weighted by Gasteiger charge is 2.14. The zero-order valence-electron chi connectivity index (χ0n) is 15.2. The lowest BCUT2D eigenvalue weighted by atomic mass is 10.2. The summed E-state index contributed by atoms with van der Waals surface area (Å²) in [5.74, 6) is -0.196. The quantitative estimate of drug-likeness (QED) is 0.376. The summed E-state index contributed by atoms with van der Waals surface area (Å²) >= 11 is 3.06. The van der Waals surface area contributed by atoms with E-state index in [4.69, 9.17) is 0 Å². The van der Waals surface area contributed by atoms with Gasteiger partial charge in [0.1, 0.15) is 5.69 Å². The van der Waals surface area contributed by atoms with Crippen molar-refractivity contribution in [3.63, 3.8) is 0 Å². The second-order valence-electron chi connectivity index (χ2n) is 6.06. The molecule has 2 aromatic carbocycles. The molecule has 29 heavy (non-hydrogen) atoms. The summed E-state index contributed by atoms with van der Waals surface area (Å²) in [6.45, 7) is 0. The smallest absolute Gasteiger partial charge is 0.267 e. The van der Waals surface area contributed by atoms with Crippen LogP contribution in [0.15, 0.2) is 76.4 Å². The lowest BCUT2D eigenvalue weighted by Crippen LogP contribution is -2.42. The van der Waals surface area contributed by atoms with Crippen molar-refractivity contribution in [2.75, 3.05) is 0 Å². The number of para-hydroxylation sites is 1. The summed E-state index contributed by atoms with van der Waals surface area (Å²) in [6.07, 6.45) is 0. The number of carbonyl (C=O) groups excluding carboxylic acids is 2. The lowest BCUT2D eigenvalue weighted by molar-refractivity contribution is 0.0842. The Bertz CT molecular complexity index is 1160. The standard InChI is InChI=1S/C21H16N4O2S2/c26-20(16-6-2-4-8-19(16)29-12-15-11-28-13-22-15)24-25-21(27)18-10-9-14-5-1-3-7-17(14)23-18/h1-11,13H,12H2,(H,24,26)(H,25,27). The molecule has 8 heteroatoms. The molecule has 0 bridgehead atoms. The number of hydrogen-bond acceptors (Lipinski definition) is 6. The maximum atomic E-state index is 12.6. The second kappa shape index (κ2) is 8.85. The van der Waals surface area contributed by atoms with Crippen LogP contribution in [0, 0.1) is 0 Å². The average Bonchev–Trinajstić information content (AvgIpc) is 3.29. The van der Waals surface area contributed by atoms with E-state index in [1.807, 2.05) is 47.8 Å². The zero-order chi connectivity index (χ0) is 20.1. The molecule has 0 aliphatic carbocycles. The summed E-state index contributed by atoms with van der Waals surface area (Å²) in [4.78, 5) is 34.4. The third-order valence-electron chi connectivity index (χ3n) is 4.11. The van der Waals surface area contributed by atoms with Gasteiger partial charge >= 0.3 is 0 Å². The van der Waals surface area contributed by atoms with E-state index in [9.17, 15) is 9.59 Å². The van der Waals surface area contributed by atoms with Gasteiger partial charge in [0.15, 0.2) is 0 Å². The number of rotatable bonds is 5. The SMILES string of the molecule is O=C(NNC(=O)c1ccccc1SCc1cscn1)c1ccc2ccccc2n1. The van der Waals surface area contributed by atoms with Crippen LogP contribution in [0.25, 0.3) is 10.9 Å². The van der Waals surface area contributed by atoms with Crippen molar-refractivity contribution in [3.8, 4) is 0 Å². The van der Waals surface area contributed by atoms with Crippen LogP contribution in [-0.4, -0.2) is 21.8 Å². The van der Waals surface area contributed by atoms with Crippen LogP contribution in [0.4, 0.5) is 0 Å². The summed E-state index contributed by atoms with van der Waals surface area (Å²) in [5.41, 5.74) is 9.09. The Morgan fingerprint density at radius 2 is 1.72 bits per heavy atom. The molecule has 2 amide bonds. The van der Waals surface area contributed by atoms with Gasteiger partial charge in [-0.05, 0) is 24.3 Å². The molecule has 4 aromatic rings. The fourth-order valence-corrected chi connectivity index (χ4v) is 4.29. The molecule has 0 aliphatic rings. The Morgan fingerprint density at radius 1 is 0.931 bits per heavy atom. The number of nitrogens with zero attached hydrogens (tertiary/aromatic N) is 2. The van der Waals surface area contributed by atoms with Gasteiger partial charge < -0.3 is 0 Å². The van der Waals surface area contributed by atoms with Crippen molar-refractivity contribution in [3.05, 3.63) is 88.5 Å². The summed E-state index contributed by atoms with van der Waals surface area (Å²) < 4.78 is 0. The molecule has 2 heterocycles.